The molecule has 0 amide bonds. The van der Waals surface area contributed by atoms with Gasteiger partial charge in [-0.2, -0.15) is 4.68 Å². The number of esters is 1. The predicted molar refractivity (Wildman–Crippen MR) is 116 cm³/mol. The van der Waals surface area contributed by atoms with Crippen molar-refractivity contribution >= 4 is 11.9 Å². The molecule has 1 N–H and O–H groups in total. The van der Waals surface area contributed by atoms with Crippen LogP contribution in [0.1, 0.15) is 58.6 Å². The Hall–Kier alpha value is -3.10. The summed E-state index contributed by atoms with van der Waals surface area (Å²) < 4.78 is 18.6. The molecular formula is C22H31N5O4. The molecule has 0 spiro atoms. The first-order valence-corrected chi connectivity index (χ1v) is 10.7. The Morgan fingerprint density at radius 3 is 2.77 bits per heavy atom. The molecule has 1 aliphatic heterocycles. The van der Waals surface area contributed by atoms with Crippen LogP contribution in [0.15, 0.2) is 29.5 Å². The number of aromatic nitrogens is 4. The topological polar surface area (TPSA) is 100 Å². The SMILES string of the molecule is CCCCOC(=O)C1=C(C)Nc2nnnn2C1c1ccc(OCCC(C)C)c(OC)c1. The number of hydrogen-bond acceptors (Lipinski definition) is 8. The second-order valence-electron chi connectivity index (χ2n) is 7.94. The van der Waals surface area contributed by atoms with Gasteiger partial charge >= 0.3 is 5.97 Å². The fraction of sp³-hybridized carbons (Fsp3) is 0.545. The first kappa shape index (κ1) is 22.6. The summed E-state index contributed by atoms with van der Waals surface area (Å²) >= 11 is 0. The number of nitrogens with one attached hydrogen (secondary N) is 1. The fourth-order valence-corrected chi connectivity index (χ4v) is 3.35. The van der Waals surface area contributed by atoms with Crippen molar-refractivity contribution in [2.24, 2.45) is 5.92 Å². The maximum absolute atomic E-state index is 13.0. The lowest BCUT2D eigenvalue weighted by molar-refractivity contribution is -0.139. The zero-order valence-electron chi connectivity index (χ0n) is 18.8. The largest absolute Gasteiger partial charge is 0.493 e. The van der Waals surface area contributed by atoms with E-state index in [1.807, 2.05) is 32.0 Å². The minimum absolute atomic E-state index is 0.368. The molecule has 1 aromatic carbocycles. The highest BCUT2D eigenvalue weighted by molar-refractivity contribution is 5.92. The maximum Gasteiger partial charge on any atom is 0.338 e. The average molecular weight is 430 g/mol. The van der Waals surface area contributed by atoms with Gasteiger partial charge in [-0.1, -0.05) is 38.4 Å². The van der Waals surface area contributed by atoms with E-state index in [0.717, 1.165) is 24.8 Å². The van der Waals surface area contributed by atoms with Gasteiger partial charge in [0.1, 0.15) is 6.04 Å². The Bertz CT molecular complexity index is 938. The molecule has 2 heterocycles. The van der Waals surface area contributed by atoms with E-state index in [1.54, 1.807) is 11.8 Å². The zero-order chi connectivity index (χ0) is 22.4. The highest BCUT2D eigenvalue weighted by atomic mass is 16.5. The van der Waals surface area contributed by atoms with Crippen LogP contribution in [-0.4, -0.2) is 46.5 Å². The van der Waals surface area contributed by atoms with Gasteiger partial charge in [-0.3, -0.25) is 0 Å². The number of hydrogen-bond donors (Lipinski definition) is 1. The molecule has 1 aromatic heterocycles. The number of ether oxygens (including phenoxy) is 3. The second-order valence-corrected chi connectivity index (χ2v) is 7.94. The van der Waals surface area contributed by atoms with E-state index in [2.05, 4.69) is 34.7 Å². The number of allylic oxidation sites excluding steroid dienone is 1. The summed E-state index contributed by atoms with van der Waals surface area (Å²) in [5.41, 5.74) is 1.92. The van der Waals surface area contributed by atoms with Crippen molar-refractivity contribution in [1.29, 1.82) is 0 Å². The van der Waals surface area contributed by atoms with E-state index >= 15 is 0 Å². The lowest BCUT2D eigenvalue weighted by Gasteiger charge is -2.27. The van der Waals surface area contributed by atoms with Crippen molar-refractivity contribution in [2.75, 3.05) is 25.6 Å². The third-order valence-corrected chi connectivity index (χ3v) is 5.12. The van der Waals surface area contributed by atoms with E-state index in [1.165, 1.54) is 0 Å². The molecule has 0 bridgehead atoms. The van der Waals surface area contributed by atoms with Gasteiger partial charge in [0.05, 0.1) is 25.9 Å². The van der Waals surface area contributed by atoms with Gasteiger partial charge in [0.25, 0.3) is 0 Å². The fourth-order valence-electron chi connectivity index (χ4n) is 3.35. The normalized spacial score (nSPS) is 15.5. The van der Waals surface area contributed by atoms with Gasteiger partial charge in [-0.05, 0) is 53.8 Å². The summed E-state index contributed by atoms with van der Waals surface area (Å²) in [6.07, 6.45) is 2.70. The lowest BCUT2D eigenvalue weighted by atomic mass is 9.95. The van der Waals surface area contributed by atoms with Crippen LogP contribution in [0.25, 0.3) is 0 Å². The molecule has 9 heteroatoms. The Morgan fingerprint density at radius 1 is 1.26 bits per heavy atom. The second kappa shape index (κ2) is 10.3. The number of nitrogens with zero attached hydrogens (tertiary/aromatic N) is 4. The van der Waals surface area contributed by atoms with Crippen LogP contribution in [0.4, 0.5) is 5.95 Å². The first-order valence-electron chi connectivity index (χ1n) is 10.7. The number of anilines is 1. The number of unbranched alkanes of at least 4 members (excludes halogenated alkanes) is 1. The Balaban J connectivity index is 1.94. The molecule has 1 atom stereocenters. The van der Waals surface area contributed by atoms with Gasteiger partial charge in [0.15, 0.2) is 11.5 Å². The van der Waals surface area contributed by atoms with Crippen LogP contribution in [0, 0.1) is 5.92 Å². The van der Waals surface area contributed by atoms with Crippen molar-refractivity contribution in [3.05, 3.63) is 35.0 Å². The van der Waals surface area contributed by atoms with Gasteiger partial charge in [0, 0.05) is 5.70 Å². The number of carbonyl (C=O) groups is 1. The highest BCUT2D eigenvalue weighted by Gasteiger charge is 2.35. The summed E-state index contributed by atoms with van der Waals surface area (Å²) in [7, 11) is 1.60. The molecular weight excluding hydrogens is 398 g/mol. The number of tetrazole rings is 1. The standard InChI is InChI=1S/C22H31N5O4/c1-6-7-11-31-21(28)19-15(4)23-22-24-25-26-27(22)20(19)16-8-9-17(18(13-16)29-5)30-12-10-14(2)3/h8-9,13-14,20H,6-7,10-12H2,1-5H3,(H,23,24,26). The minimum atomic E-state index is -0.543. The van der Waals surface area contributed by atoms with Gasteiger partial charge in [-0.15, -0.1) is 0 Å². The summed E-state index contributed by atoms with van der Waals surface area (Å²) in [6, 6.07) is 5.08. The van der Waals surface area contributed by atoms with Crippen LogP contribution in [0.5, 0.6) is 11.5 Å². The van der Waals surface area contributed by atoms with Crippen LogP contribution in [0.3, 0.4) is 0 Å². The molecule has 1 aliphatic rings. The molecule has 0 aliphatic carbocycles. The van der Waals surface area contributed by atoms with Crippen molar-refractivity contribution in [3.8, 4) is 11.5 Å². The summed E-state index contributed by atoms with van der Waals surface area (Å²) in [5, 5.41) is 15.0. The minimum Gasteiger partial charge on any atom is -0.493 e. The predicted octanol–water partition coefficient (Wildman–Crippen LogP) is 3.74. The molecule has 2 aromatic rings. The number of carbonyl (C=O) groups excluding carboxylic acids is 1. The molecule has 168 valence electrons. The summed E-state index contributed by atoms with van der Waals surface area (Å²) in [6.45, 7) is 9.15. The third-order valence-electron chi connectivity index (χ3n) is 5.12. The monoisotopic (exact) mass is 429 g/mol. The van der Waals surface area contributed by atoms with E-state index < -0.39 is 6.04 Å². The quantitative estimate of drug-likeness (QED) is 0.450. The number of rotatable bonds is 10. The number of benzene rings is 1. The van der Waals surface area contributed by atoms with E-state index in [9.17, 15) is 4.79 Å². The van der Waals surface area contributed by atoms with E-state index in [4.69, 9.17) is 14.2 Å². The third kappa shape index (κ3) is 5.15. The molecule has 0 saturated carbocycles. The van der Waals surface area contributed by atoms with Gasteiger partial charge in [-0.25, -0.2) is 4.79 Å². The Labute approximate surface area is 182 Å². The maximum atomic E-state index is 13.0. The van der Waals surface area contributed by atoms with Crippen LogP contribution < -0.4 is 14.8 Å². The van der Waals surface area contributed by atoms with E-state index in [-0.39, 0.29) is 5.97 Å². The Kier molecular flexibility index (Phi) is 7.49. The summed E-state index contributed by atoms with van der Waals surface area (Å²) in [5.74, 6) is 1.87. The number of methoxy groups -OCH3 is 1. The average Bonchev–Trinajstić information content (AvgIpc) is 3.20. The zero-order valence-corrected chi connectivity index (χ0v) is 18.8. The van der Waals surface area contributed by atoms with Crippen LogP contribution >= 0.6 is 0 Å². The van der Waals surface area contributed by atoms with Gasteiger partial charge < -0.3 is 19.5 Å². The molecule has 1 unspecified atom stereocenters. The molecule has 9 nitrogen and oxygen atoms in total. The van der Waals surface area contributed by atoms with Crippen LogP contribution in [0.2, 0.25) is 0 Å². The molecule has 0 fully saturated rings. The highest BCUT2D eigenvalue weighted by Crippen LogP contribution is 2.38. The molecule has 3 rings (SSSR count). The Morgan fingerprint density at radius 2 is 2.06 bits per heavy atom. The van der Waals surface area contributed by atoms with Crippen LogP contribution in [-0.2, 0) is 9.53 Å². The molecule has 31 heavy (non-hydrogen) atoms. The number of fused-ring (bicyclic) bond motifs is 1. The van der Waals surface area contributed by atoms with Crippen molar-refractivity contribution in [3.63, 3.8) is 0 Å². The van der Waals surface area contributed by atoms with Crippen molar-refractivity contribution in [2.45, 2.75) is 53.0 Å². The first-order chi connectivity index (χ1) is 15.0. The van der Waals surface area contributed by atoms with Crippen molar-refractivity contribution < 1.29 is 19.0 Å². The smallest absolute Gasteiger partial charge is 0.338 e. The molecule has 0 radical (unpaired) electrons. The summed E-state index contributed by atoms with van der Waals surface area (Å²) in [4.78, 5) is 13.0. The molecule has 0 saturated heterocycles. The van der Waals surface area contributed by atoms with E-state index in [0.29, 0.717) is 47.8 Å². The lowest BCUT2D eigenvalue weighted by Crippen LogP contribution is -2.30. The van der Waals surface area contributed by atoms with Crippen molar-refractivity contribution in [1.82, 2.24) is 20.2 Å². The van der Waals surface area contributed by atoms with Gasteiger partial charge in [0.2, 0.25) is 5.95 Å².